The number of carbonyl (C=O) groups excluding carboxylic acids is 2. The monoisotopic (exact) mass is 436 g/mol. The first-order valence-corrected chi connectivity index (χ1v) is 12.4. The van der Waals surface area contributed by atoms with Crippen LogP contribution in [0.15, 0.2) is 48.5 Å². The van der Waals surface area contributed by atoms with Gasteiger partial charge in [0.1, 0.15) is 0 Å². The van der Waals surface area contributed by atoms with Crippen molar-refractivity contribution in [2.75, 3.05) is 25.4 Å². The highest BCUT2D eigenvalue weighted by Gasteiger charge is 2.47. The van der Waals surface area contributed by atoms with Crippen molar-refractivity contribution in [1.82, 2.24) is 9.80 Å². The van der Waals surface area contributed by atoms with Crippen molar-refractivity contribution in [3.8, 4) is 0 Å². The smallest absolute Gasteiger partial charge is 0.254 e. The second-order valence-corrected chi connectivity index (χ2v) is 10.2. The summed E-state index contributed by atoms with van der Waals surface area (Å²) in [6, 6.07) is 16.0. The van der Waals surface area contributed by atoms with Crippen LogP contribution in [-0.4, -0.2) is 51.9 Å². The summed E-state index contributed by atoms with van der Waals surface area (Å²) in [6.07, 6.45) is 5.08. The normalized spacial score (nSPS) is 17.9. The molecule has 0 aliphatic carbocycles. The van der Waals surface area contributed by atoms with Gasteiger partial charge in [0.15, 0.2) is 0 Å². The van der Waals surface area contributed by atoms with Crippen LogP contribution in [0.2, 0.25) is 0 Å². The summed E-state index contributed by atoms with van der Waals surface area (Å²) in [7, 11) is 0. The number of benzene rings is 2. The molecule has 5 heteroatoms. The Balaban J connectivity index is 1.40. The fraction of sp³-hybridized carbons (Fsp3) is 0.462. The van der Waals surface area contributed by atoms with E-state index in [1.165, 1.54) is 18.4 Å². The van der Waals surface area contributed by atoms with Gasteiger partial charge in [0.05, 0.1) is 4.87 Å². The minimum atomic E-state index is -0.178. The number of unbranched alkanes of at least 4 members (excludes halogenated alkanes) is 1. The van der Waals surface area contributed by atoms with Crippen molar-refractivity contribution in [1.29, 1.82) is 0 Å². The zero-order chi connectivity index (χ0) is 21.8. The third kappa shape index (κ3) is 4.67. The standard InChI is InChI=1S/C26H32N2O2S/c1-3-4-5-21-8-12-22(13-9-21)24(29)27-16-14-26(15-17-27)28(18-19-31-26)25(30)23-10-6-20(2)7-11-23/h6-13H,3-5,14-19H2,1-2H3. The van der Waals surface area contributed by atoms with Gasteiger partial charge in [-0.2, -0.15) is 0 Å². The molecule has 31 heavy (non-hydrogen) atoms. The maximum absolute atomic E-state index is 13.2. The highest BCUT2D eigenvalue weighted by Crippen LogP contribution is 2.44. The summed E-state index contributed by atoms with van der Waals surface area (Å²) in [4.78, 5) is 30.1. The number of rotatable bonds is 5. The third-order valence-corrected chi connectivity index (χ3v) is 8.13. The number of likely N-dealkylation sites (tertiary alicyclic amines) is 1. The molecular formula is C26H32N2O2S. The topological polar surface area (TPSA) is 40.6 Å². The zero-order valence-electron chi connectivity index (χ0n) is 18.6. The molecule has 1 spiro atoms. The van der Waals surface area contributed by atoms with E-state index in [4.69, 9.17) is 0 Å². The highest BCUT2D eigenvalue weighted by atomic mass is 32.2. The molecule has 0 aromatic heterocycles. The Morgan fingerprint density at radius 3 is 2.16 bits per heavy atom. The fourth-order valence-electron chi connectivity index (χ4n) is 4.60. The number of hydrogen-bond acceptors (Lipinski definition) is 3. The Morgan fingerprint density at radius 1 is 0.903 bits per heavy atom. The third-order valence-electron chi connectivity index (χ3n) is 6.57. The summed E-state index contributed by atoms with van der Waals surface area (Å²) in [5.74, 6) is 1.19. The van der Waals surface area contributed by atoms with E-state index in [0.29, 0.717) is 13.1 Å². The predicted molar refractivity (Wildman–Crippen MR) is 128 cm³/mol. The molecule has 4 rings (SSSR count). The molecule has 0 saturated carbocycles. The van der Waals surface area contributed by atoms with E-state index >= 15 is 0 Å². The second-order valence-electron chi connectivity index (χ2n) is 8.71. The Hall–Kier alpha value is -2.27. The fourth-order valence-corrected chi connectivity index (χ4v) is 6.05. The van der Waals surface area contributed by atoms with Crippen LogP contribution in [0.4, 0.5) is 0 Å². The second kappa shape index (κ2) is 9.47. The van der Waals surface area contributed by atoms with Crippen molar-refractivity contribution < 1.29 is 9.59 Å². The molecule has 164 valence electrons. The van der Waals surface area contributed by atoms with Gasteiger partial charge in [-0.05, 0) is 62.4 Å². The zero-order valence-corrected chi connectivity index (χ0v) is 19.4. The first kappa shape index (κ1) is 21.9. The predicted octanol–water partition coefficient (Wildman–Crippen LogP) is 5.16. The van der Waals surface area contributed by atoms with Gasteiger partial charge >= 0.3 is 0 Å². The summed E-state index contributed by atoms with van der Waals surface area (Å²) >= 11 is 1.89. The van der Waals surface area contributed by atoms with Crippen molar-refractivity contribution in [3.05, 3.63) is 70.8 Å². The van der Waals surface area contributed by atoms with Crippen LogP contribution in [0, 0.1) is 6.92 Å². The van der Waals surface area contributed by atoms with Crippen LogP contribution in [0.3, 0.4) is 0 Å². The molecule has 0 radical (unpaired) electrons. The number of hydrogen-bond donors (Lipinski definition) is 0. The van der Waals surface area contributed by atoms with E-state index < -0.39 is 0 Å². The summed E-state index contributed by atoms with van der Waals surface area (Å²) in [5, 5.41) is 0. The van der Waals surface area contributed by atoms with Crippen LogP contribution in [0.1, 0.15) is 64.4 Å². The van der Waals surface area contributed by atoms with Crippen LogP contribution >= 0.6 is 11.8 Å². The quantitative estimate of drug-likeness (QED) is 0.650. The van der Waals surface area contributed by atoms with Gasteiger partial charge in [0.25, 0.3) is 11.8 Å². The Bertz CT molecular complexity index is 915. The number of nitrogens with zero attached hydrogens (tertiary/aromatic N) is 2. The maximum atomic E-state index is 13.2. The van der Waals surface area contributed by atoms with Crippen molar-refractivity contribution in [3.63, 3.8) is 0 Å². The lowest BCUT2D eigenvalue weighted by Crippen LogP contribution is -2.53. The summed E-state index contributed by atoms with van der Waals surface area (Å²) in [6.45, 7) is 6.40. The minimum absolute atomic E-state index is 0.108. The van der Waals surface area contributed by atoms with Crippen molar-refractivity contribution >= 4 is 23.6 Å². The lowest BCUT2D eigenvalue weighted by atomic mass is 9.99. The van der Waals surface area contributed by atoms with Gasteiger partial charge in [0, 0.05) is 36.5 Å². The van der Waals surface area contributed by atoms with E-state index in [0.717, 1.165) is 48.3 Å². The van der Waals surface area contributed by atoms with E-state index in [2.05, 4.69) is 24.0 Å². The molecule has 2 fully saturated rings. The van der Waals surface area contributed by atoms with E-state index in [9.17, 15) is 9.59 Å². The van der Waals surface area contributed by atoms with Gasteiger partial charge in [-0.25, -0.2) is 0 Å². The number of thioether (sulfide) groups is 1. The Kier molecular flexibility index (Phi) is 6.71. The SMILES string of the molecule is CCCCc1ccc(C(=O)N2CCC3(CC2)SCCN3C(=O)c2ccc(C)cc2)cc1. The molecule has 0 unspecified atom stereocenters. The molecule has 2 aromatic carbocycles. The Labute approximate surface area is 190 Å². The van der Waals surface area contributed by atoms with E-state index in [1.807, 2.05) is 60.0 Å². The van der Waals surface area contributed by atoms with E-state index in [1.54, 1.807) is 0 Å². The average molecular weight is 437 g/mol. The van der Waals surface area contributed by atoms with Gasteiger partial charge in [-0.3, -0.25) is 9.59 Å². The van der Waals surface area contributed by atoms with E-state index in [-0.39, 0.29) is 16.7 Å². The Morgan fingerprint density at radius 2 is 1.52 bits per heavy atom. The largest absolute Gasteiger partial charge is 0.338 e. The van der Waals surface area contributed by atoms with Crippen LogP contribution in [0.5, 0.6) is 0 Å². The van der Waals surface area contributed by atoms with Gasteiger partial charge in [-0.1, -0.05) is 43.2 Å². The maximum Gasteiger partial charge on any atom is 0.254 e. The molecule has 4 nitrogen and oxygen atoms in total. The summed E-state index contributed by atoms with van der Waals surface area (Å²) < 4.78 is 0. The molecule has 2 aliphatic heterocycles. The molecule has 2 heterocycles. The first-order chi connectivity index (χ1) is 15.0. The van der Waals surface area contributed by atoms with Crippen LogP contribution < -0.4 is 0 Å². The minimum Gasteiger partial charge on any atom is -0.338 e. The van der Waals surface area contributed by atoms with Crippen LogP contribution in [-0.2, 0) is 6.42 Å². The lowest BCUT2D eigenvalue weighted by molar-refractivity contribution is 0.0498. The van der Waals surface area contributed by atoms with Gasteiger partial charge in [-0.15, -0.1) is 11.8 Å². The first-order valence-electron chi connectivity index (χ1n) is 11.4. The van der Waals surface area contributed by atoms with Crippen molar-refractivity contribution in [2.45, 2.75) is 50.8 Å². The number of carbonyl (C=O) groups is 2. The molecule has 2 aromatic rings. The number of amides is 2. The van der Waals surface area contributed by atoms with Crippen molar-refractivity contribution in [2.24, 2.45) is 0 Å². The average Bonchev–Trinajstić information content (AvgIpc) is 3.21. The molecule has 2 amide bonds. The number of piperidine rings is 1. The van der Waals surface area contributed by atoms with Gasteiger partial charge < -0.3 is 9.80 Å². The summed E-state index contributed by atoms with van der Waals surface area (Å²) in [5.41, 5.74) is 3.98. The lowest BCUT2D eigenvalue weighted by Gasteiger charge is -2.44. The molecule has 0 atom stereocenters. The molecule has 0 N–H and O–H groups in total. The van der Waals surface area contributed by atoms with Crippen LogP contribution in [0.25, 0.3) is 0 Å². The molecular weight excluding hydrogens is 404 g/mol. The molecule has 0 bridgehead atoms. The molecule has 2 saturated heterocycles. The van der Waals surface area contributed by atoms with Gasteiger partial charge in [0.2, 0.25) is 0 Å². The highest BCUT2D eigenvalue weighted by molar-refractivity contribution is 8.00. The molecule has 2 aliphatic rings. The number of aryl methyl sites for hydroxylation is 2.